The molecule has 5 nitrogen and oxygen atoms in total. The minimum atomic E-state index is -3.70. The number of oxime groups is 1. The second-order valence-corrected chi connectivity index (χ2v) is 3.78. The number of halogens is 3. The summed E-state index contributed by atoms with van der Waals surface area (Å²) in [6.07, 6.45) is 0. The number of amidine groups is 1. The van der Waals surface area contributed by atoms with Crippen LogP contribution in [-0.2, 0) is 5.92 Å². The van der Waals surface area contributed by atoms with Gasteiger partial charge in [-0.15, -0.1) is 0 Å². The van der Waals surface area contributed by atoms with Gasteiger partial charge in [-0.25, -0.2) is 5.06 Å². The molecule has 0 radical (unpaired) electrons. The second kappa shape index (κ2) is 5.36. The average molecular weight is 281 g/mol. The first-order valence-corrected chi connectivity index (χ1v) is 5.09. The SMILES string of the molecule is COc1ccc(C(F)(F)/C(=N/O)N(C)O)cc1Cl. The number of methoxy groups -OCH3 is 1. The molecule has 0 aliphatic rings. The van der Waals surface area contributed by atoms with Crippen LogP contribution in [0.2, 0.25) is 5.02 Å². The third-order valence-corrected chi connectivity index (χ3v) is 2.49. The van der Waals surface area contributed by atoms with Gasteiger partial charge < -0.3 is 9.94 Å². The van der Waals surface area contributed by atoms with Crippen LogP contribution in [0.4, 0.5) is 8.78 Å². The summed E-state index contributed by atoms with van der Waals surface area (Å²) in [4.78, 5) is 0. The lowest BCUT2D eigenvalue weighted by molar-refractivity contribution is -0.0351. The van der Waals surface area contributed by atoms with Gasteiger partial charge in [-0.05, 0) is 18.2 Å². The number of alkyl halides is 2. The first kappa shape index (κ1) is 14.5. The van der Waals surface area contributed by atoms with Crippen molar-refractivity contribution in [2.75, 3.05) is 14.2 Å². The number of nitrogens with zero attached hydrogens (tertiary/aromatic N) is 2. The van der Waals surface area contributed by atoms with Crippen molar-refractivity contribution >= 4 is 17.4 Å². The molecule has 1 aromatic rings. The molecule has 0 saturated carbocycles. The fraction of sp³-hybridized carbons (Fsp3) is 0.300. The highest BCUT2D eigenvalue weighted by molar-refractivity contribution is 6.32. The van der Waals surface area contributed by atoms with Gasteiger partial charge in [-0.2, -0.15) is 8.78 Å². The summed E-state index contributed by atoms with van der Waals surface area (Å²) in [5.41, 5.74) is -0.540. The van der Waals surface area contributed by atoms with Gasteiger partial charge in [0.1, 0.15) is 5.75 Å². The van der Waals surface area contributed by atoms with Crippen LogP contribution >= 0.6 is 11.6 Å². The quantitative estimate of drug-likeness (QED) is 0.386. The smallest absolute Gasteiger partial charge is 0.335 e. The van der Waals surface area contributed by atoms with Gasteiger partial charge in [-0.3, -0.25) is 5.21 Å². The molecule has 100 valence electrons. The molecule has 1 aromatic carbocycles. The van der Waals surface area contributed by atoms with Crippen LogP contribution in [0.1, 0.15) is 5.56 Å². The number of hydroxylamine groups is 2. The molecule has 0 unspecified atom stereocenters. The monoisotopic (exact) mass is 280 g/mol. The Morgan fingerprint density at radius 2 is 2.11 bits per heavy atom. The number of rotatable bonds is 3. The number of hydrogen-bond donors (Lipinski definition) is 2. The maximum atomic E-state index is 13.9. The minimum Gasteiger partial charge on any atom is -0.495 e. The summed E-state index contributed by atoms with van der Waals surface area (Å²) in [6, 6.07) is 3.27. The zero-order valence-corrected chi connectivity index (χ0v) is 10.3. The van der Waals surface area contributed by atoms with Gasteiger partial charge >= 0.3 is 5.92 Å². The highest BCUT2D eigenvalue weighted by Crippen LogP contribution is 2.35. The van der Waals surface area contributed by atoms with Crippen LogP contribution in [0.25, 0.3) is 0 Å². The van der Waals surface area contributed by atoms with Crippen molar-refractivity contribution in [1.82, 2.24) is 5.06 Å². The molecule has 0 amide bonds. The van der Waals surface area contributed by atoms with Gasteiger partial charge in [0.25, 0.3) is 0 Å². The van der Waals surface area contributed by atoms with Crippen molar-refractivity contribution in [3.8, 4) is 5.75 Å². The summed E-state index contributed by atoms with van der Waals surface area (Å²) in [6.45, 7) is 0. The molecule has 0 atom stereocenters. The topological polar surface area (TPSA) is 65.3 Å². The zero-order chi connectivity index (χ0) is 13.9. The van der Waals surface area contributed by atoms with E-state index in [1.165, 1.54) is 13.2 Å². The molecule has 1 rings (SSSR count). The Bertz CT molecular complexity index is 466. The average Bonchev–Trinajstić information content (AvgIpc) is 2.28. The molecule has 0 aliphatic carbocycles. The molecule has 0 aliphatic heterocycles. The predicted octanol–water partition coefficient (Wildman–Crippen LogP) is 2.55. The van der Waals surface area contributed by atoms with Crippen LogP contribution in [0.15, 0.2) is 23.4 Å². The lowest BCUT2D eigenvalue weighted by atomic mass is 10.1. The van der Waals surface area contributed by atoms with Gasteiger partial charge in [0, 0.05) is 12.6 Å². The highest BCUT2D eigenvalue weighted by Gasteiger charge is 2.42. The van der Waals surface area contributed by atoms with E-state index in [4.69, 9.17) is 26.8 Å². The van der Waals surface area contributed by atoms with Crippen LogP contribution in [0.5, 0.6) is 5.75 Å². The number of ether oxygens (including phenoxy) is 1. The van der Waals surface area contributed by atoms with Crippen molar-refractivity contribution in [3.05, 3.63) is 28.8 Å². The standard InChI is InChI=1S/C10H11ClF2N2O3/c1-15(17)9(14-16)10(12,13)6-3-4-8(18-2)7(11)5-6/h3-5,16-17H,1-2H3/b14-9-. The van der Waals surface area contributed by atoms with Gasteiger partial charge in [0.2, 0.25) is 5.84 Å². The van der Waals surface area contributed by atoms with E-state index >= 15 is 0 Å². The molecule has 8 heteroatoms. The molecular formula is C10H11ClF2N2O3. The lowest BCUT2D eigenvalue weighted by Gasteiger charge is -2.22. The normalized spacial score (nSPS) is 12.4. The van der Waals surface area contributed by atoms with Crippen molar-refractivity contribution in [1.29, 1.82) is 0 Å². The molecule has 0 aromatic heterocycles. The van der Waals surface area contributed by atoms with Crippen molar-refractivity contribution in [2.45, 2.75) is 5.92 Å². The molecular weight excluding hydrogens is 270 g/mol. The maximum absolute atomic E-state index is 13.9. The van der Waals surface area contributed by atoms with E-state index in [2.05, 4.69) is 5.16 Å². The van der Waals surface area contributed by atoms with Crippen LogP contribution < -0.4 is 4.74 Å². The van der Waals surface area contributed by atoms with E-state index in [1.54, 1.807) is 0 Å². The molecule has 0 saturated heterocycles. The Morgan fingerprint density at radius 3 is 2.50 bits per heavy atom. The van der Waals surface area contributed by atoms with Crippen molar-refractivity contribution in [3.63, 3.8) is 0 Å². The first-order chi connectivity index (χ1) is 8.34. The van der Waals surface area contributed by atoms with Crippen LogP contribution in [0.3, 0.4) is 0 Å². The van der Waals surface area contributed by atoms with Crippen molar-refractivity contribution < 1.29 is 23.9 Å². The van der Waals surface area contributed by atoms with E-state index in [0.717, 1.165) is 19.2 Å². The Kier molecular flexibility index (Phi) is 4.31. The molecule has 0 spiro atoms. The lowest BCUT2D eigenvalue weighted by Crippen LogP contribution is -2.38. The van der Waals surface area contributed by atoms with E-state index < -0.39 is 17.3 Å². The molecule has 2 N–H and O–H groups in total. The van der Waals surface area contributed by atoms with Gasteiger partial charge in [-0.1, -0.05) is 16.8 Å². The van der Waals surface area contributed by atoms with E-state index in [-0.39, 0.29) is 15.8 Å². The Balaban J connectivity index is 3.24. The van der Waals surface area contributed by atoms with Gasteiger partial charge in [0.15, 0.2) is 0 Å². The Labute approximate surface area is 107 Å². The molecule has 0 fully saturated rings. The third-order valence-electron chi connectivity index (χ3n) is 2.20. The summed E-state index contributed by atoms with van der Waals surface area (Å²) in [5.74, 6) is -4.69. The summed E-state index contributed by atoms with van der Waals surface area (Å²) in [7, 11) is 2.26. The Hall–Kier alpha value is -1.60. The number of hydrogen-bond acceptors (Lipinski definition) is 4. The predicted molar refractivity (Wildman–Crippen MR) is 60.7 cm³/mol. The summed E-state index contributed by atoms with van der Waals surface area (Å²) >= 11 is 5.73. The van der Waals surface area contributed by atoms with E-state index in [9.17, 15) is 8.78 Å². The summed E-state index contributed by atoms with van der Waals surface area (Å²) in [5, 5.41) is 19.9. The van der Waals surface area contributed by atoms with Crippen LogP contribution in [0, 0.1) is 0 Å². The third kappa shape index (κ3) is 2.62. The summed E-state index contributed by atoms with van der Waals surface area (Å²) < 4.78 is 32.6. The van der Waals surface area contributed by atoms with Crippen LogP contribution in [-0.4, -0.2) is 35.5 Å². The van der Waals surface area contributed by atoms with Crippen molar-refractivity contribution in [2.24, 2.45) is 5.16 Å². The fourth-order valence-corrected chi connectivity index (χ4v) is 1.58. The highest BCUT2D eigenvalue weighted by atomic mass is 35.5. The molecule has 0 bridgehead atoms. The largest absolute Gasteiger partial charge is 0.495 e. The number of benzene rings is 1. The minimum absolute atomic E-state index is 0.0208. The maximum Gasteiger partial charge on any atom is 0.335 e. The Morgan fingerprint density at radius 1 is 1.50 bits per heavy atom. The molecule has 0 heterocycles. The molecule has 18 heavy (non-hydrogen) atoms. The van der Waals surface area contributed by atoms with E-state index in [0.29, 0.717) is 0 Å². The fourth-order valence-electron chi connectivity index (χ4n) is 1.32. The first-order valence-electron chi connectivity index (χ1n) is 4.71. The second-order valence-electron chi connectivity index (χ2n) is 3.37. The van der Waals surface area contributed by atoms with Gasteiger partial charge in [0.05, 0.1) is 12.1 Å². The number of likely N-dealkylation sites (N-methyl/N-ethyl adjacent to an activating group) is 1. The van der Waals surface area contributed by atoms with E-state index in [1.807, 2.05) is 0 Å². The zero-order valence-electron chi connectivity index (χ0n) is 9.56.